The van der Waals surface area contributed by atoms with Crippen molar-refractivity contribution in [3.05, 3.63) is 65.7 Å². The third kappa shape index (κ3) is 6.27. The van der Waals surface area contributed by atoms with E-state index < -0.39 is 0 Å². The van der Waals surface area contributed by atoms with Crippen LogP contribution in [0.15, 0.2) is 54.6 Å². The van der Waals surface area contributed by atoms with Gasteiger partial charge < -0.3 is 15.5 Å². The molecule has 0 aliphatic carbocycles. The summed E-state index contributed by atoms with van der Waals surface area (Å²) in [7, 11) is 3.91. The van der Waals surface area contributed by atoms with Crippen molar-refractivity contribution in [2.45, 2.75) is 20.8 Å². The molecule has 2 aromatic carbocycles. The van der Waals surface area contributed by atoms with Gasteiger partial charge in [-0.25, -0.2) is 0 Å². The molecule has 0 unspecified atom stereocenters. The van der Waals surface area contributed by atoms with E-state index >= 15 is 0 Å². The number of nitrogens with one attached hydrogen (secondary N) is 2. The SMILES string of the molecule is Cc1ccc(/C(=C/C(=O)NCC(=O)Nc2ccc(N(C)C)cc2)C(C)C)cc1. The lowest BCUT2D eigenvalue weighted by molar-refractivity contribution is -0.121. The first-order valence-electron chi connectivity index (χ1n) is 9.40. The molecule has 0 bridgehead atoms. The molecule has 5 nitrogen and oxygen atoms in total. The Balaban J connectivity index is 1.94. The maximum absolute atomic E-state index is 12.3. The van der Waals surface area contributed by atoms with Gasteiger partial charge >= 0.3 is 0 Å². The minimum Gasteiger partial charge on any atom is -0.378 e. The monoisotopic (exact) mass is 379 g/mol. The van der Waals surface area contributed by atoms with Crippen molar-refractivity contribution >= 4 is 28.8 Å². The van der Waals surface area contributed by atoms with E-state index in [9.17, 15) is 9.59 Å². The van der Waals surface area contributed by atoms with Crippen LogP contribution in [-0.2, 0) is 9.59 Å². The number of carbonyl (C=O) groups is 2. The fourth-order valence-electron chi connectivity index (χ4n) is 2.74. The minimum atomic E-state index is -0.276. The molecule has 0 aliphatic heterocycles. The molecule has 28 heavy (non-hydrogen) atoms. The number of carbonyl (C=O) groups excluding carboxylic acids is 2. The summed E-state index contributed by atoms with van der Waals surface area (Å²) in [6.45, 7) is 6.04. The van der Waals surface area contributed by atoms with Gasteiger partial charge in [-0.15, -0.1) is 0 Å². The number of hydrogen-bond acceptors (Lipinski definition) is 3. The Bertz CT molecular complexity index is 835. The third-order valence-corrected chi connectivity index (χ3v) is 4.38. The van der Waals surface area contributed by atoms with Crippen molar-refractivity contribution in [2.75, 3.05) is 30.9 Å². The molecule has 0 atom stereocenters. The molecule has 0 fully saturated rings. The predicted molar refractivity (Wildman–Crippen MR) is 116 cm³/mol. The summed E-state index contributed by atoms with van der Waals surface area (Å²) in [5.41, 5.74) is 4.88. The standard InChI is InChI=1S/C23H29N3O2/c1-16(2)21(18-8-6-17(3)7-9-18)14-22(27)24-15-23(28)25-19-10-12-20(13-11-19)26(4)5/h6-14,16H,15H2,1-5H3,(H,24,27)(H,25,28)/b21-14+. The summed E-state index contributed by atoms with van der Waals surface area (Å²) < 4.78 is 0. The Morgan fingerprint density at radius 3 is 2.14 bits per heavy atom. The highest BCUT2D eigenvalue weighted by atomic mass is 16.2. The van der Waals surface area contributed by atoms with Gasteiger partial charge in [-0.2, -0.15) is 0 Å². The molecule has 0 heterocycles. The summed E-state index contributed by atoms with van der Waals surface area (Å²) in [5, 5.41) is 5.45. The highest BCUT2D eigenvalue weighted by Gasteiger charge is 2.10. The number of allylic oxidation sites excluding steroid dienone is 1. The largest absolute Gasteiger partial charge is 0.378 e. The van der Waals surface area contributed by atoms with Gasteiger partial charge in [0.25, 0.3) is 0 Å². The highest BCUT2D eigenvalue weighted by Crippen LogP contribution is 2.23. The van der Waals surface area contributed by atoms with E-state index in [1.807, 2.05) is 88.3 Å². The quantitative estimate of drug-likeness (QED) is 0.718. The van der Waals surface area contributed by atoms with E-state index in [0.717, 1.165) is 16.8 Å². The van der Waals surface area contributed by atoms with Crippen LogP contribution < -0.4 is 15.5 Å². The van der Waals surface area contributed by atoms with E-state index in [1.54, 1.807) is 6.08 Å². The summed E-state index contributed by atoms with van der Waals surface area (Å²) >= 11 is 0. The first-order valence-corrected chi connectivity index (χ1v) is 9.40. The Morgan fingerprint density at radius 1 is 1.00 bits per heavy atom. The number of hydrogen-bond donors (Lipinski definition) is 2. The Labute approximate surface area is 167 Å². The molecule has 148 valence electrons. The molecular formula is C23H29N3O2. The molecule has 5 heteroatoms. The number of amides is 2. The van der Waals surface area contributed by atoms with Crippen LogP contribution in [0.1, 0.15) is 25.0 Å². The second-order valence-corrected chi connectivity index (χ2v) is 7.33. The van der Waals surface area contributed by atoms with Crippen LogP contribution in [0.25, 0.3) is 5.57 Å². The molecule has 2 aromatic rings. The van der Waals surface area contributed by atoms with Crippen molar-refractivity contribution < 1.29 is 9.59 Å². The van der Waals surface area contributed by atoms with Crippen LogP contribution in [0.3, 0.4) is 0 Å². The van der Waals surface area contributed by atoms with E-state index in [4.69, 9.17) is 0 Å². The van der Waals surface area contributed by atoms with Crippen molar-refractivity contribution in [2.24, 2.45) is 5.92 Å². The smallest absolute Gasteiger partial charge is 0.244 e. The molecule has 2 rings (SSSR count). The zero-order valence-corrected chi connectivity index (χ0v) is 17.2. The summed E-state index contributed by atoms with van der Waals surface area (Å²) in [4.78, 5) is 26.4. The second-order valence-electron chi connectivity index (χ2n) is 7.33. The summed E-state index contributed by atoms with van der Waals surface area (Å²) in [5.74, 6) is -0.347. The first kappa shape index (κ1) is 21.2. The van der Waals surface area contributed by atoms with Gasteiger partial charge in [0.15, 0.2) is 0 Å². The molecule has 2 amide bonds. The maximum atomic E-state index is 12.3. The van der Waals surface area contributed by atoms with Gasteiger partial charge in [-0.1, -0.05) is 43.7 Å². The van der Waals surface area contributed by atoms with E-state index in [0.29, 0.717) is 5.69 Å². The van der Waals surface area contributed by atoms with Crippen molar-refractivity contribution in [3.63, 3.8) is 0 Å². The van der Waals surface area contributed by atoms with Gasteiger partial charge in [0.2, 0.25) is 11.8 Å². The summed E-state index contributed by atoms with van der Waals surface area (Å²) in [6.07, 6.45) is 1.58. The van der Waals surface area contributed by atoms with Gasteiger partial charge in [-0.05, 0) is 48.2 Å². The first-order chi connectivity index (χ1) is 13.3. The zero-order chi connectivity index (χ0) is 20.7. The normalized spacial score (nSPS) is 11.3. The van der Waals surface area contributed by atoms with E-state index in [1.165, 1.54) is 5.56 Å². The average molecular weight is 380 g/mol. The highest BCUT2D eigenvalue weighted by molar-refractivity contribution is 5.99. The Hall–Kier alpha value is -3.08. The van der Waals surface area contributed by atoms with Gasteiger partial charge in [-0.3, -0.25) is 9.59 Å². The van der Waals surface area contributed by atoms with Gasteiger partial charge in [0, 0.05) is 31.5 Å². The Morgan fingerprint density at radius 2 is 1.61 bits per heavy atom. The molecule has 0 saturated heterocycles. The van der Waals surface area contributed by atoms with Crippen molar-refractivity contribution in [3.8, 4) is 0 Å². The molecular weight excluding hydrogens is 350 g/mol. The topological polar surface area (TPSA) is 61.4 Å². The van der Waals surface area contributed by atoms with Crippen LogP contribution in [-0.4, -0.2) is 32.5 Å². The predicted octanol–water partition coefficient (Wildman–Crippen LogP) is 3.86. The fraction of sp³-hybridized carbons (Fsp3) is 0.304. The maximum Gasteiger partial charge on any atom is 0.244 e. The van der Waals surface area contributed by atoms with Crippen molar-refractivity contribution in [1.82, 2.24) is 5.32 Å². The van der Waals surface area contributed by atoms with Crippen LogP contribution >= 0.6 is 0 Å². The van der Waals surface area contributed by atoms with Crippen LogP contribution in [0.5, 0.6) is 0 Å². The van der Waals surface area contributed by atoms with E-state index in [2.05, 4.69) is 10.6 Å². The molecule has 0 aromatic heterocycles. The van der Waals surface area contributed by atoms with Crippen LogP contribution in [0.2, 0.25) is 0 Å². The number of nitrogens with zero attached hydrogens (tertiary/aromatic N) is 1. The lowest BCUT2D eigenvalue weighted by atomic mass is 9.94. The molecule has 2 N–H and O–H groups in total. The minimum absolute atomic E-state index is 0.0793. The zero-order valence-electron chi connectivity index (χ0n) is 17.2. The third-order valence-electron chi connectivity index (χ3n) is 4.38. The fourth-order valence-corrected chi connectivity index (χ4v) is 2.74. The van der Waals surface area contributed by atoms with Crippen molar-refractivity contribution in [1.29, 1.82) is 0 Å². The second kappa shape index (κ2) is 9.74. The van der Waals surface area contributed by atoms with Crippen LogP contribution in [0, 0.1) is 12.8 Å². The van der Waals surface area contributed by atoms with E-state index in [-0.39, 0.29) is 24.3 Å². The molecule has 0 saturated carbocycles. The van der Waals surface area contributed by atoms with Gasteiger partial charge in [0.1, 0.15) is 0 Å². The van der Waals surface area contributed by atoms with Crippen LogP contribution in [0.4, 0.5) is 11.4 Å². The summed E-state index contributed by atoms with van der Waals surface area (Å²) in [6, 6.07) is 15.6. The average Bonchev–Trinajstić information content (AvgIpc) is 2.65. The molecule has 0 radical (unpaired) electrons. The number of aryl methyl sites for hydroxylation is 1. The number of anilines is 2. The molecule has 0 aliphatic rings. The molecule has 0 spiro atoms. The van der Waals surface area contributed by atoms with Gasteiger partial charge in [0.05, 0.1) is 6.54 Å². The number of benzene rings is 2. The number of rotatable bonds is 7. The Kier molecular flexibility index (Phi) is 7.38. The lowest BCUT2D eigenvalue weighted by Crippen LogP contribution is -2.32. The lowest BCUT2D eigenvalue weighted by Gasteiger charge is -2.13.